The van der Waals surface area contributed by atoms with Gasteiger partial charge in [0.1, 0.15) is 11.9 Å². The van der Waals surface area contributed by atoms with Crippen molar-refractivity contribution in [2.24, 2.45) is 0 Å². The van der Waals surface area contributed by atoms with Crippen LogP contribution in [-0.4, -0.2) is 64.0 Å². The maximum Gasteiger partial charge on any atom is 0.227 e. The van der Waals surface area contributed by atoms with E-state index < -0.39 is 11.4 Å². The molecule has 0 bridgehead atoms. The van der Waals surface area contributed by atoms with Crippen LogP contribution in [-0.2, 0) is 16.0 Å². The minimum atomic E-state index is -0.971. The number of halogens is 2. The number of nitrogens with zero attached hydrogens (tertiary/aromatic N) is 4. The number of ether oxygens (including phenoxy) is 2. The summed E-state index contributed by atoms with van der Waals surface area (Å²) in [6.45, 7) is 6.40. The summed E-state index contributed by atoms with van der Waals surface area (Å²) in [6.07, 6.45) is 1.70. The van der Waals surface area contributed by atoms with Gasteiger partial charge < -0.3 is 19.5 Å². The molecule has 2 atom stereocenters. The van der Waals surface area contributed by atoms with Crippen molar-refractivity contribution in [1.82, 2.24) is 14.8 Å². The van der Waals surface area contributed by atoms with E-state index in [2.05, 4.69) is 15.1 Å². The number of hydrogen-bond acceptors (Lipinski definition) is 6. The molecule has 158 valence electrons. The Bertz CT molecular complexity index is 864. The summed E-state index contributed by atoms with van der Waals surface area (Å²) in [5, 5.41) is 19.5. The van der Waals surface area contributed by atoms with Crippen LogP contribution in [0.3, 0.4) is 0 Å². The maximum absolute atomic E-state index is 13.5. The van der Waals surface area contributed by atoms with Crippen LogP contribution >= 0.6 is 11.6 Å². The monoisotopic (exact) mass is 424 g/mol. The molecule has 2 unspecified atom stereocenters. The van der Waals surface area contributed by atoms with E-state index in [-0.39, 0.29) is 17.2 Å². The summed E-state index contributed by atoms with van der Waals surface area (Å²) in [5.74, 6) is 0.852. The summed E-state index contributed by atoms with van der Waals surface area (Å²) in [6, 6.07) is 4.27. The molecule has 2 aliphatic heterocycles. The zero-order chi connectivity index (χ0) is 20.6. The lowest BCUT2D eigenvalue weighted by atomic mass is 10.0. The van der Waals surface area contributed by atoms with Crippen LogP contribution in [0.2, 0.25) is 5.02 Å². The van der Waals surface area contributed by atoms with Crippen molar-refractivity contribution < 1.29 is 19.0 Å². The van der Waals surface area contributed by atoms with E-state index in [1.165, 1.54) is 12.1 Å². The second-order valence-corrected chi connectivity index (χ2v) is 8.56. The van der Waals surface area contributed by atoms with Crippen molar-refractivity contribution in [3.63, 3.8) is 0 Å². The Hall–Kier alpha value is -1.74. The van der Waals surface area contributed by atoms with E-state index in [9.17, 15) is 9.50 Å². The highest BCUT2D eigenvalue weighted by Crippen LogP contribution is 2.32. The fourth-order valence-electron chi connectivity index (χ4n) is 3.82. The molecule has 9 heteroatoms. The zero-order valence-corrected chi connectivity index (χ0v) is 17.4. The van der Waals surface area contributed by atoms with E-state index in [1.807, 2.05) is 4.57 Å². The molecule has 0 radical (unpaired) electrons. The molecule has 1 aromatic heterocycles. The van der Waals surface area contributed by atoms with Crippen molar-refractivity contribution >= 4 is 17.5 Å². The van der Waals surface area contributed by atoms with Crippen molar-refractivity contribution in [1.29, 1.82) is 0 Å². The third kappa shape index (κ3) is 4.40. The lowest BCUT2D eigenvalue weighted by Gasteiger charge is -2.39. The Morgan fingerprint density at radius 3 is 2.79 bits per heavy atom. The molecule has 2 saturated heterocycles. The first kappa shape index (κ1) is 20.5. The normalized spacial score (nSPS) is 23.0. The molecule has 0 spiro atoms. The van der Waals surface area contributed by atoms with E-state index in [0.717, 1.165) is 19.4 Å². The molecule has 1 N–H and O–H groups in total. The standard InChI is InChI=1S/C20H26ClFN4O3/c1-20(2,27)17-12-25(7-9-29-17)19-24-23-18(15-6-5-13(22)10-16(15)21)26(19)11-14-4-3-8-28-14/h5-6,10,14,17,27H,3-4,7-9,11-12H2,1-2H3. The molecule has 29 heavy (non-hydrogen) atoms. The first-order valence-corrected chi connectivity index (χ1v) is 10.3. The predicted octanol–water partition coefficient (Wildman–Crippen LogP) is 2.89. The summed E-state index contributed by atoms with van der Waals surface area (Å²) in [5.41, 5.74) is -0.349. The molecular weight excluding hydrogens is 399 g/mol. The first-order valence-electron chi connectivity index (χ1n) is 9.92. The van der Waals surface area contributed by atoms with Gasteiger partial charge in [0, 0.05) is 25.3 Å². The molecule has 2 aromatic rings. The predicted molar refractivity (Wildman–Crippen MR) is 108 cm³/mol. The fraction of sp³-hybridized carbons (Fsp3) is 0.600. The molecule has 0 saturated carbocycles. The van der Waals surface area contributed by atoms with Gasteiger partial charge in [-0.2, -0.15) is 0 Å². The Morgan fingerprint density at radius 2 is 2.10 bits per heavy atom. The lowest BCUT2D eigenvalue weighted by molar-refractivity contribution is -0.0931. The van der Waals surface area contributed by atoms with Crippen molar-refractivity contribution in [2.75, 3.05) is 31.2 Å². The minimum absolute atomic E-state index is 0.0637. The molecular formula is C20H26ClFN4O3. The number of hydrogen-bond donors (Lipinski definition) is 1. The van der Waals surface area contributed by atoms with Gasteiger partial charge in [-0.05, 0) is 44.9 Å². The first-order chi connectivity index (χ1) is 13.8. The molecule has 7 nitrogen and oxygen atoms in total. The van der Waals surface area contributed by atoms with Crippen LogP contribution in [0.1, 0.15) is 26.7 Å². The van der Waals surface area contributed by atoms with Crippen LogP contribution in [0.25, 0.3) is 11.4 Å². The zero-order valence-electron chi connectivity index (χ0n) is 16.6. The van der Waals surface area contributed by atoms with Gasteiger partial charge >= 0.3 is 0 Å². The average Bonchev–Trinajstić information content (AvgIpc) is 3.32. The lowest BCUT2D eigenvalue weighted by Crippen LogP contribution is -2.52. The molecule has 4 rings (SSSR count). The van der Waals surface area contributed by atoms with Gasteiger partial charge in [-0.25, -0.2) is 4.39 Å². The van der Waals surface area contributed by atoms with Crippen molar-refractivity contribution in [2.45, 2.75) is 51.0 Å². The highest BCUT2D eigenvalue weighted by Gasteiger charge is 2.35. The smallest absolute Gasteiger partial charge is 0.227 e. The number of rotatable bonds is 5. The number of morpholine rings is 1. The summed E-state index contributed by atoms with van der Waals surface area (Å²) >= 11 is 6.31. The number of aliphatic hydroxyl groups is 1. The Kier molecular flexibility index (Phi) is 5.79. The molecule has 1 aromatic carbocycles. The average molecular weight is 425 g/mol. The van der Waals surface area contributed by atoms with Crippen LogP contribution in [0.4, 0.5) is 10.3 Å². The van der Waals surface area contributed by atoms with Crippen LogP contribution < -0.4 is 4.90 Å². The molecule has 0 aliphatic carbocycles. The maximum atomic E-state index is 13.5. The van der Waals surface area contributed by atoms with Gasteiger partial charge in [-0.3, -0.25) is 4.57 Å². The highest BCUT2D eigenvalue weighted by molar-refractivity contribution is 6.33. The summed E-state index contributed by atoms with van der Waals surface area (Å²) in [7, 11) is 0. The van der Waals surface area contributed by atoms with Crippen molar-refractivity contribution in [3.05, 3.63) is 29.0 Å². The van der Waals surface area contributed by atoms with Gasteiger partial charge in [0.05, 0.1) is 29.9 Å². The van der Waals surface area contributed by atoms with Gasteiger partial charge in [-0.15, -0.1) is 10.2 Å². The second-order valence-electron chi connectivity index (χ2n) is 8.15. The van der Waals surface area contributed by atoms with Gasteiger partial charge in [0.2, 0.25) is 5.95 Å². The van der Waals surface area contributed by atoms with Crippen LogP contribution in [0, 0.1) is 5.82 Å². The summed E-state index contributed by atoms with van der Waals surface area (Å²) in [4.78, 5) is 2.06. The van der Waals surface area contributed by atoms with Crippen molar-refractivity contribution in [3.8, 4) is 11.4 Å². The van der Waals surface area contributed by atoms with E-state index >= 15 is 0 Å². The number of aromatic nitrogens is 3. The Balaban J connectivity index is 1.70. The SMILES string of the molecule is CC(C)(O)C1CN(c2nnc(-c3ccc(F)cc3Cl)n2CC2CCCO2)CCO1. The van der Waals surface area contributed by atoms with Gasteiger partial charge in [0.15, 0.2) is 5.82 Å². The third-order valence-electron chi connectivity index (χ3n) is 5.45. The van der Waals surface area contributed by atoms with E-state index in [1.54, 1.807) is 19.9 Å². The van der Waals surface area contributed by atoms with E-state index in [0.29, 0.717) is 43.6 Å². The summed E-state index contributed by atoms with van der Waals surface area (Å²) < 4.78 is 27.1. The second kappa shape index (κ2) is 8.18. The third-order valence-corrected chi connectivity index (χ3v) is 5.76. The van der Waals surface area contributed by atoms with Gasteiger partial charge in [0.25, 0.3) is 0 Å². The Morgan fingerprint density at radius 1 is 1.28 bits per heavy atom. The Labute approximate surface area is 174 Å². The molecule has 3 heterocycles. The van der Waals surface area contributed by atoms with Gasteiger partial charge in [-0.1, -0.05) is 11.6 Å². The fourth-order valence-corrected chi connectivity index (χ4v) is 4.07. The van der Waals surface area contributed by atoms with Crippen LogP contribution in [0.5, 0.6) is 0 Å². The number of anilines is 1. The molecule has 2 aliphatic rings. The quantitative estimate of drug-likeness (QED) is 0.795. The topological polar surface area (TPSA) is 72.6 Å². The van der Waals surface area contributed by atoms with E-state index in [4.69, 9.17) is 21.1 Å². The number of benzene rings is 1. The van der Waals surface area contributed by atoms with Crippen LogP contribution in [0.15, 0.2) is 18.2 Å². The molecule has 0 amide bonds. The molecule has 2 fully saturated rings. The highest BCUT2D eigenvalue weighted by atomic mass is 35.5. The minimum Gasteiger partial charge on any atom is -0.388 e. The largest absolute Gasteiger partial charge is 0.388 e.